The minimum Gasteiger partial charge on any atom is -0.207 e. The molecule has 3 aromatic carbocycles. The van der Waals surface area contributed by atoms with Crippen molar-refractivity contribution in [2.75, 3.05) is 0 Å². The largest absolute Gasteiger partial charge is 0.207 e. The van der Waals surface area contributed by atoms with Crippen LogP contribution in [0, 0.1) is 38.2 Å². The molecule has 156 valence electrons. The Hall–Kier alpha value is -0.720. The predicted molar refractivity (Wildman–Crippen MR) is 124 cm³/mol. The van der Waals surface area contributed by atoms with Crippen LogP contribution in [0.25, 0.3) is 0 Å². The van der Waals surface area contributed by atoms with Crippen LogP contribution < -0.4 is 0 Å². The van der Waals surface area contributed by atoms with Gasteiger partial charge in [-0.3, -0.25) is 0 Å². The lowest BCUT2D eigenvalue weighted by atomic mass is 10.2. The molecule has 0 bridgehead atoms. The Kier molecular flexibility index (Phi) is 11.1. The topological polar surface area (TPSA) is 0 Å². The molecule has 3 rings (SSSR count). The van der Waals surface area contributed by atoms with Crippen molar-refractivity contribution >= 4 is 66.7 Å². The second-order valence-corrected chi connectivity index (χ2v) is 8.83. The zero-order chi connectivity index (χ0) is 22.3. The minimum atomic E-state index is -0.324. The van der Waals surface area contributed by atoms with Crippen molar-refractivity contribution in [2.45, 2.75) is 20.8 Å². The van der Waals surface area contributed by atoms with Crippen LogP contribution in [-0.4, -0.2) is 0 Å². The highest BCUT2D eigenvalue weighted by Crippen LogP contribution is 2.25. The molecule has 29 heavy (non-hydrogen) atoms. The Balaban J connectivity index is 0.000000218. The molecule has 0 nitrogen and oxygen atoms in total. The molecule has 8 heteroatoms. The van der Waals surface area contributed by atoms with Gasteiger partial charge in [0.2, 0.25) is 0 Å². The van der Waals surface area contributed by atoms with Crippen molar-refractivity contribution in [1.29, 1.82) is 0 Å². The second kappa shape index (κ2) is 12.2. The SMILES string of the molecule is Cc1c(Cl)cc(F)cc1Br.Cc1cc(Br)c(F)cc1Cl.Cc1ccc(F)cc1Cl. The number of benzene rings is 3. The zero-order valence-electron chi connectivity index (χ0n) is 15.6. The summed E-state index contributed by atoms with van der Waals surface area (Å²) in [5, 5.41) is 1.39. The van der Waals surface area contributed by atoms with Crippen LogP contribution in [0.1, 0.15) is 16.7 Å². The first-order valence-electron chi connectivity index (χ1n) is 8.06. The summed E-state index contributed by atoms with van der Waals surface area (Å²) in [4.78, 5) is 0. The maximum Gasteiger partial charge on any atom is 0.138 e. The summed E-state index contributed by atoms with van der Waals surface area (Å²) in [6.45, 7) is 5.49. The summed E-state index contributed by atoms with van der Waals surface area (Å²) >= 11 is 23.1. The minimum absolute atomic E-state index is 0.286. The molecule has 0 amide bonds. The molecule has 0 unspecified atom stereocenters. The summed E-state index contributed by atoms with van der Waals surface area (Å²) in [6, 6.07) is 9.97. The molecule has 0 fully saturated rings. The van der Waals surface area contributed by atoms with Crippen molar-refractivity contribution in [2.24, 2.45) is 0 Å². The van der Waals surface area contributed by atoms with E-state index in [1.807, 2.05) is 20.8 Å². The zero-order valence-corrected chi connectivity index (χ0v) is 21.0. The Bertz CT molecular complexity index is 922. The van der Waals surface area contributed by atoms with E-state index in [9.17, 15) is 13.2 Å². The summed E-state index contributed by atoms with van der Waals surface area (Å²) < 4.78 is 38.5. The smallest absolute Gasteiger partial charge is 0.138 e. The van der Waals surface area contributed by atoms with Crippen molar-refractivity contribution in [1.82, 2.24) is 0 Å². The fraction of sp³-hybridized carbons (Fsp3) is 0.143. The van der Waals surface area contributed by atoms with Gasteiger partial charge in [-0.2, -0.15) is 0 Å². The fourth-order valence-corrected chi connectivity index (χ4v) is 3.33. The van der Waals surface area contributed by atoms with Gasteiger partial charge in [0.1, 0.15) is 17.5 Å². The van der Waals surface area contributed by atoms with Crippen molar-refractivity contribution < 1.29 is 13.2 Å². The molecule has 3 aromatic rings. The third-order valence-corrected chi connectivity index (χ3v) is 6.22. The van der Waals surface area contributed by atoms with Gasteiger partial charge < -0.3 is 0 Å². The normalized spacial score (nSPS) is 9.90. The van der Waals surface area contributed by atoms with E-state index < -0.39 is 0 Å². The molecule has 0 radical (unpaired) electrons. The first-order valence-corrected chi connectivity index (χ1v) is 10.8. The fourth-order valence-electron chi connectivity index (χ4n) is 1.80. The van der Waals surface area contributed by atoms with E-state index in [4.69, 9.17) is 34.8 Å². The first-order chi connectivity index (χ1) is 13.4. The Morgan fingerprint density at radius 3 is 1.66 bits per heavy atom. The van der Waals surface area contributed by atoms with Crippen LogP contribution in [0.4, 0.5) is 13.2 Å². The Morgan fingerprint density at radius 1 is 0.621 bits per heavy atom. The van der Waals surface area contributed by atoms with Crippen LogP contribution >= 0.6 is 66.7 Å². The number of rotatable bonds is 0. The van der Waals surface area contributed by atoms with Crippen molar-refractivity contribution in [3.8, 4) is 0 Å². The maximum absolute atomic E-state index is 12.6. The maximum atomic E-state index is 12.6. The van der Waals surface area contributed by atoms with Gasteiger partial charge in [-0.1, -0.05) is 56.8 Å². The van der Waals surface area contributed by atoms with Gasteiger partial charge in [0.25, 0.3) is 0 Å². The van der Waals surface area contributed by atoms with E-state index in [2.05, 4.69) is 31.9 Å². The third-order valence-electron chi connectivity index (χ3n) is 3.58. The van der Waals surface area contributed by atoms with Crippen molar-refractivity contribution in [3.05, 3.63) is 101 Å². The first kappa shape index (κ1) is 26.3. The van der Waals surface area contributed by atoms with Crippen LogP contribution in [-0.2, 0) is 0 Å². The molecule has 0 aliphatic carbocycles. The lowest BCUT2D eigenvalue weighted by molar-refractivity contribution is 0.620. The number of hydrogen-bond acceptors (Lipinski definition) is 0. The highest BCUT2D eigenvalue weighted by molar-refractivity contribution is 9.10. The van der Waals surface area contributed by atoms with E-state index in [0.29, 0.717) is 24.0 Å². The van der Waals surface area contributed by atoms with E-state index in [0.717, 1.165) is 16.7 Å². The van der Waals surface area contributed by atoms with Crippen LogP contribution in [0.3, 0.4) is 0 Å². The standard InChI is InChI=1S/2C7H5BrClF.C7H6ClF/c1-4-6(8)2-5(10)3-7(4)9;1-4-2-5(8)7(10)3-6(4)9;1-5-2-3-6(9)4-7(5)8/h2*2-3H,1H3;2-4H,1H3. The van der Waals surface area contributed by atoms with Gasteiger partial charge in [0, 0.05) is 19.5 Å². The second-order valence-electron chi connectivity index (χ2n) is 5.90. The van der Waals surface area contributed by atoms with Crippen LogP contribution in [0.5, 0.6) is 0 Å². The van der Waals surface area contributed by atoms with Gasteiger partial charge in [-0.25, -0.2) is 13.2 Å². The highest BCUT2D eigenvalue weighted by atomic mass is 79.9. The molecule has 0 heterocycles. The average molecular weight is 592 g/mol. The summed E-state index contributed by atoms with van der Waals surface area (Å²) in [7, 11) is 0. The van der Waals surface area contributed by atoms with E-state index in [-0.39, 0.29) is 17.5 Å². The lowest BCUT2D eigenvalue weighted by Gasteiger charge is -1.99. The molecule has 0 aliphatic heterocycles. The van der Waals surface area contributed by atoms with E-state index in [1.165, 1.54) is 30.3 Å². The van der Waals surface area contributed by atoms with Gasteiger partial charge in [-0.15, -0.1) is 0 Å². The molecular weight excluding hydrogens is 575 g/mol. The van der Waals surface area contributed by atoms with Gasteiger partial charge in [0.05, 0.1) is 4.47 Å². The Morgan fingerprint density at radius 2 is 1.17 bits per heavy atom. The van der Waals surface area contributed by atoms with Crippen LogP contribution in [0.15, 0.2) is 51.4 Å². The monoisotopic (exact) mass is 588 g/mol. The highest BCUT2D eigenvalue weighted by Gasteiger charge is 2.02. The molecule has 0 saturated heterocycles. The average Bonchev–Trinajstić information content (AvgIpc) is 2.62. The van der Waals surface area contributed by atoms with Gasteiger partial charge >= 0.3 is 0 Å². The molecule has 0 N–H and O–H groups in total. The summed E-state index contributed by atoms with van der Waals surface area (Å²) in [5.74, 6) is -0.927. The summed E-state index contributed by atoms with van der Waals surface area (Å²) in [5.41, 5.74) is 2.64. The molecule has 0 aromatic heterocycles. The molecule has 0 atom stereocenters. The quantitative estimate of drug-likeness (QED) is 0.228. The number of aryl methyl sites for hydroxylation is 2. The third kappa shape index (κ3) is 8.89. The van der Waals surface area contributed by atoms with Crippen molar-refractivity contribution in [3.63, 3.8) is 0 Å². The summed E-state index contributed by atoms with van der Waals surface area (Å²) in [6.07, 6.45) is 0. The Labute approximate surface area is 200 Å². The molecule has 0 saturated carbocycles. The van der Waals surface area contributed by atoms with E-state index in [1.54, 1.807) is 12.1 Å². The van der Waals surface area contributed by atoms with Gasteiger partial charge in [-0.05, 0) is 89.8 Å². The van der Waals surface area contributed by atoms with Crippen LogP contribution in [0.2, 0.25) is 15.1 Å². The van der Waals surface area contributed by atoms with E-state index >= 15 is 0 Å². The number of hydrogen-bond donors (Lipinski definition) is 0. The molecule has 0 spiro atoms. The predicted octanol–water partition coefficient (Wildman–Crippen LogP) is 9.89. The number of halogens is 8. The van der Waals surface area contributed by atoms with Gasteiger partial charge in [0.15, 0.2) is 0 Å². The molecular formula is C21H16Br2Cl3F3. The molecule has 0 aliphatic rings. The lowest BCUT2D eigenvalue weighted by Crippen LogP contribution is -1.80.